The van der Waals surface area contributed by atoms with Crippen LogP contribution in [0, 0.1) is 23.2 Å². The lowest BCUT2D eigenvalue weighted by molar-refractivity contribution is -0.135. The number of amides is 1. The number of rotatable bonds is 4. The van der Waals surface area contributed by atoms with E-state index >= 15 is 0 Å². The Kier molecular flexibility index (Phi) is 4.42. The molecular weight excluding hydrogens is 340 g/mol. The third-order valence-electron chi connectivity index (χ3n) is 7.03. The number of fused-ring (bicyclic) bond motifs is 1. The molecule has 4 fully saturated rings. The molecule has 3 unspecified atom stereocenters. The summed E-state index contributed by atoms with van der Waals surface area (Å²) in [5, 5.41) is 7.83. The van der Waals surface area contributed by atoms with Crippen molar-refractivity contribution < 1.29 is 4.79 Å². The molecule has 1 aliphatic heterocycles. The van der Waals surface area contributed by atoms with Crippen LogP contribution < -0.4 is 5.32 Å². The van der Waals surface area contributed by atoms with Crippen molar-refractivity contribution in [3.8, 4) is 0 Å². The smallest absolute Gasteiger partial charge is 0.226 e. The normalized spacial score (nSPS) is 35.2. The average molecular weight is 367 g/mol. The molecule has 1 aromatic heterocycles. The topological polar surface area (TPSA) is 32.3 Å². The van der Waals surface area contributed by atoms with Gasteiger partial charge in [-0.3, -0.25) is 4.79 Å². The number of nitrogens with one attached hydrogen (secondary N) is 1. The zero-order chi connectivity index (χ0) is 15.4. The Morgan fingerprint density at radius 1 is 1.29 bits per heavy atom. The summed E-state index contributed by atoms with van der Waals surface area (Å²) in [4.78, 5) is 15.6. The third kappa shape index (κ3) is 2.71. The van der Waals surface area contributed by atoms with Crippen LogP contribution >= 0.6 is 23.7 Å². The average Bonchev–Trinajstić information content (AvgIpc) is 3.23. The quantitative estimate of drug-likeness (QED) is 0.881. The van der Waals surface area contributed by atoms with Gasteiger partial charge in [-0.25, -0.2) is 0 Å². The molecule has 1 spiro atoms. The SMILES string of the molecule is Cl.O=C(C1C2CCCC21)N(Cc1ccsc1)C1CC12CCNCC2. The van der Waals surface area contributed by atoms with E-state index in [4.69, 9.17) is 0 Å². The van der Waals surface area contributed by atoms with Crippen molar-refractivity contribution in [2.45, 2.75) is 51.1 Å². The molecule has 4 aliphatic rings. The lowest BCUT2D eigenvalue weighted by atomic mass is 9.93. The van der Waals surface area contributed by atoms with Gasteiger partial charge in [-0.15, -0.1) is 12.4 Å². The van der Waals surface area contributed by atoms with Gasteiger partial charge in [0.25, 0.3) is 0 Å². The molecule has 2 heterocycles. The number of nitrogens with zero attached hydrogens (tertiary/aromatic N) is 1. The van der Waals surface area contributed by atoms with Crippen LogP contribution in [0.25, 0.3) is 0 Å². The first-order valence-electron chi connectivity index (χ1n) is 9.31. The van der Waals surface area contributed by atoms with Gasteiger partial charge in [0, 0.05) is 18.5 Å². The van der Waals surface area contributed by atoms with Crippen molar-refractivity contribution in [3.63, 3.8) is 0 Å². The second-order valence-corrected chi connectivity index (χ2v) is 8.99. The largest absolute Gasteiger partial charge is 0.335 e. The molecule has 0 aromatic carbocycles. The predicted molar refractivity (Wildman–Crippen MR) is 99.4 cm³/mol. The highest BCUT2D eigenvalue weighted by Gasteiger charge is 2.62. The van der Waals surface area contributed by atoms with E-state index in [1.807, 2.05) is 0 Å². The first-order chi connectivity index (χ1) is 11.3. The van der Waals surface area contributed by atoms with Gasteiger partial charge >= 0.3 is 0 Å². The molecule has 1 saturated heterocycles. The molecule has 3 atom stereocenters. The maximum absolute atomic E-state index is 13.3. The summed E-state index contributed by atoms with van der Waals surface area (Å²) in [7, 11) is 0. The molecule has 0 radical (unpaired) electrons. The molecular formula is C19H27ClN2OS. The van der Waals surface area contributed by atoms with Crippen molar-refractivity contribution in [1.82, 2.24) is 10.2 Å². The van der Waals surface area contributed by atoms with E-state index < -0.39 is 0 Å². The highest BCUT2D eigenvalue weighted by molar-refractivity contribution is 7.07. The zero-order valence-corrected chi connectivity index (χ0v) is 15.7. The van der Waals surface area contributed by atoms with Gasteiger partial charge in [0.05, 0.1) is 0 Å². The maximum atomic E-state index is 13.3. The zero-order valence-electron chi connectivity index (χ0n) is 14.1. The van der Waals surface area contributed by atoms with Crippen molar-refractivity contribution in [2.75, 3.05) is 13.1 Å². The first kappa shape index (κ1) is 16.9. The van der Waals surface area contributed by atoms with E-state index in [1.54, 1.807) is 11.3 Å². The van der Waals surface area contributed by atoms with Crippen molar-refractivity contribution in [2.24, 2.45) is 23.2 Å². The molecule has 5 rings (SSSR count). The number of piperidine rings is 1. The van der Waals surface area contributed by atoms with E-state index in [0.717, 1.165) is 31.5 Å². The highest BCUT2D eigenvalue weighted by Crippen LogP contribution is 2.61. The molecule has 1 aromatic rings. The highest BCUT2D eigenvalue weighted by atomic mass is 35.5. The van der Waals surface area contributed by atoms with Crippen LogP contribution in [-0.4, -0.2) is 29.9 Å². The van der Waals surface area contributed by atoms with Gasteiger partial charge in [0.15, 0.2) is 0 Å². The lowest BCUT2D eigenvalue weighted by Crippen LogP contribution is -2.40. The Hall–Kier alpha value is -0.580. The summed E-state index contributed by atoms with van der Waals surface area (Å²) in [6.45, 7) is 3.11. The fourth-order valence-electron chi connectivity index (χ4n) is 5.53. The van der Waals surface area contributed by atoms with Crippen LogP contribution in [0.4, 0.5) is 0 Å². The molecule has 3 aliphatic carbocycles. The minimum atomic E-state index is 0. The molecule has 132 valence electrons. The van der Waals surface area contributed by atoms with Gasteiger partial charge < -0.3 is 10.2 Å². The summed E-state index contributed by atoms with van der Waals surface area (Å²) in [6, 6.07) is 2.70. The number of thiophene rings is 1. The number of carbonyl (C=O) groups is 1. The Morgan fingerprint density at radius 2 is 2.04 bits per heavy atom. The third-order valence-corrected chi connectivity index (χ3v) is 7.76. The summed E-state index contributed by atoms with van der Waals surface area (Å²) < 4.78 is 0. The molecule has 3 nitrogen and oxygen atoms in total. The molecule has 5 heteroatoms. The second kappa shape index (κ2) is 6.30. The van der Waals surface area contributed by atoms with E-state index in [1.165, 1.54) is 44.1 Å². The standard InChI is InChI=1S/C19H26N2OS.ClH/c22-18(17-14-2-1-3-15(14)17)21(11-13-4-9-23-12-13)16-10-19(16)5-7-20-8-6-19;/h4,9,12,14-17,20H,1-3,5-8,10-11H2;1H. The Balaban J connectivity index is 0.00000146. The Labute approximate surface area is 154 Å². The van der Waals surface area contributed by atoms with Crippen LogP contribution in [0.2, 0.25) is 0 Å². The molecule has 1 N–H and O–H groups in total. The van der Waals surface area contributed by atoms with Gasteiger partial charge in [0.1, 0.15) is 0 Å². The lowest BCUT2D eigenvalue weighted by Gasteiger charge is -2.30. The number of halogens is 1. The molecule has 0 bridgehead atoms. The van der Waals surface area contributed by atoms with Gasteiger partial charge in [-0.05, 0) is 84.8 Å². The van der Waals surface area contributed by atoms with Crippen LogP contribution in [0.5, 0.6) is 0 Å². The van der Waals surface area contributed by atoms with Gasteiger partial charge in [-0.1, -0.05) is 6.42 Å². The van der Waals surface area contributed by atoms with Gasteiger partial charge in [0.2, 0.25) is 5.91 Å². The Bertz CT molecular complexity index is 589. The van der Waals surface area contributed by atoms with Crippen molar-refractivity contribution in [1.29, 1.82) is 0 Å². The van der Waals surface area contributed by atoms with Crippen LogP contribution in [0.3, 0.4) is 0 Å². The molecule has 24 heavy (non-hydrogen) atoms. The number of hydrogen-bond acceptors (Lipinski definition) is 3. The summed E-state index contributed by atoms with van der Waals surface area (Å²) >= 11 is 1.75. The summed E-state index contributed by atoms with van der Waals surface area (Å²) in [5.41, 5.74) is 1.77. The molecule has 3 saturated carbocycles. The van der Waals surface area contributed by atoms with E-state index in [9.17, 15) is 4.79 Å². The maximum Gasteiger partial charge on any atom is 0.226 e. The van der Waals surface area contributed by atoms with Crippen molar-refractivity contribution in [3.05, 3.63) is 22.4 Å². The van der Waals surface area contributed by atoms with E-state index in [2.05, 4.69) is 27.0 Å². The second-order valence-electron chi connectivity index (χ2n) is 8.21. The van der Waals surface area contributed by atoms with Crippen molar-refractivity contribution >= 4 is 29.7 Å². The fourth-order valence-corrected chi connectivity index (χ4v) is 6.19. The first-order valence-corrected chi connectivity index (χ1v) is 10.3. The summed E-state index contributed by atoms with van der Waals surface area (Å²) in [5.74, 6) is 2.33. The predicted octanol–water partition coefficient (Wildman–Crippen LogP) is 3.69. The van der Waals surface area contributed by atoms with Crippen LogP contribution in [0.1, 0.15) is 44.1 Å². The Morgan fingerprint density at radius 3 is 2.71 bits per heavy atom. The minimum absolute atomic E-state index is 0. The monoisotopic (exact) mass is 366 g/mol. The fraction of sp³-hybridized carbons (Fsp3) is 0.737. The van der Waals surface area contributed by atoms with Crippen LogP contribution in [0.15, 0.2) is 16.8 Å². The van der Waals surface area contributed by atoms with Gasteiger partial charge in [-0.2, -0.15) is 11.3 Å². The van der Waals surface area contributed by atoms with E-state index in [-0.39, 0.29) is 12.4 Å². The molecule has 1 amide bonds. The van der Waals surface area contributed by atoms with Crippen LogP contribution in [-0.2, 0) is 11.3 Å². The summed E-state index contributed by atoms with van der Waals surface area (Å²) in [6.07, 6.45) is 7.70. The van der Waals surface area contributed by atoms with E-state index in [0.29, 0.717) is 23.3 Å². The number of hydrogen-bond donors (Lipinski definition) is 1. The minimum Gasteiger partial charge on any atom is -0.335 e. The number of carbonyl (C=O) groups excluding carboxylic acids is 1.